The van der Waals surface area contributed by atoms with E-state index in [1.165, 1.54) is 18.3 Å². The van der Waals surface area contributed by atoms with Gasteiger partial charge in [-0.15, -0.1) is 0 Å². The monoisotopic (exact) mass is 463 g/mol. The van der Waals surface area contributed by atoms with Crippen LogP contribution in [0, 0.1) is 17.0 Å². The molecule has 0 unspecified atom stereocenters. The van der Waals surface area contributed by atoms with Crippen molar-refractivity contribution in [3.05, 3.63) is 93.5 Å². The number of carbonyl (C=O) groups is 1. The number of nitro benzene ring substituents is 1. The molecule has 1 N–H and O–H groups in total. The highest BCUT2D eigenvalue weighted by molar-refractivity contribution is 5.83. The quantitative estimate of drug-likeness (QED) is 0.256. The van der Waals surface area contributed by atoms with Crippen LogP contribution in [0.25, 0.3) is 0 Å². The Balaban J connectivity index is 1.57. The highest BCUT2D eigenvalue weighted by Crippen LogP contribution is 2.29. The van der Waals surface area contributed by atoms with Crippen LogP contribution in [0.5, 0.6) is 17.2 Å². The molecule has 0 fully saturated rings. The van der Waals surface area contributed by atoms with Gasteiger partial charge in [-0.3, -0.25) is 14.9 Å². The molecule has 0 spiro atoms. The van der Waals surface area contributed by atoms with Crippen LogP contribution >= 0.6 is 0 Å². The van der Waals surface area contributed by atoms with Crippen LogP contribution in [0.3, 0.4) is 0 Å². The Morgan fingerprint density at radius 2 is 1.76 bits per heavy atom. The number of hydrogen-bond acceptors (Lipinski definition) is 7. The van der Waals surface area contributed by atoms with E-state index in [4.69, 9.17) is 14.2 Å². The summed E-state index contributed by atoms with van der Waals surface area (Å²) in [6.45, 7) is 4.06. The number of nitrogens with zero attached hydrogens (tertiary/aromatic N) is 2. The minimum Gasteiger partial charge on any atom is -0.490 e. The molecule has 0 radical (unpaired) electrons. The van der Waals surface area contributed by atoms with Crippen LogP contribution in [-0.2, 0) is 11.4 Å². The van der Waals surface area contributed by atoms with Crippen LogP contribution < -0.4 is 19.6 Å². The molecule has 0 bridgehead atoms. The van der Waals surface area contributed by atoms with Crippen molar-refractivity contribution in [2.75, 3.05) is 13.2 Å². The summed E-state index contributed by atoms with van der Waals surface area (Å²) < 4.78 is 16.8. The predicted molar refractivity (Wildman–Crippen MR) is 127 cm³/mol. The van der Waals surface area contributed by atoms with E-state index in [-0.39, 0.29) is 11.4 Å². The molecule has 0 aliphatic heterocycles. The maximum Gasteiger partial charge on any atom is 0.311 e. The van der Waals surface area contributed by atoms with Gasteiger partial charge >= 0.3 is 5.69 Å². The Bertz CT molecular complexity index is 1160. The lowest BCUT2D eigenvalue weighted by Crippen LogP contribution is -2.24. The van der Waals surface area contributed by atoms with Crippen molar-refractivity contribution in [2.24, 2.45) is 5.10 Å². The second kappa shape index (κ2) is 12.0. The summed E-state index contributed by atoms with van der Waals surface area (Å²) >= 11 is 0. The number of carbonyl (C=O) groups excluding carboxylic acids is 1. The number of aryl methyl sites for hydroxylation is 1. The third kappa shape index (κ3) is 7.06. The van der Waals surface area contributed by atoms with E-state index in [9.17, 15) is 14.9 Å². The van der Waals surface area contributed by atoms with Crippen LogP contribution in [0.2, 0.25) is 0 Å². The fourth-order valence-corrected chi connectivity index (χ4v) is 2.97. The molecule has 0 atom stereocenters. The number of nitrogens with one attached hydrogen (secondary N) is 1. The summed E-state index contributed by atoms with van der Waals surface area (Å²) in [5, 5.41) is 15.1. The first-order valence-electron chi connectivity index (χ1n) is 10.6. The number of nitro groups is 1. The molecule has 0 aromatic heterocycles. The number of hydrogen-bond donors (Lipinski definition) is 1. The first kappa shape index (κ1) is 24.2. The van der Waals surface area contributed by atoms with Crippen LogP contribution in [0.4, 0.5) is 5.69 Å². The van der Waals surface area contributed by atoms with Gasteiger partial charge in [0.25, 0.3) is 5.91 Å². The minimum absolute atomic E-state index is 0.0159. The lowest BCUT2D eigenvalue weighted by molar-refractivity contribution is -0.385. The maximum atomic E-state index is 12.0. The zero-order valence-electron chi connectivity index (χ0n) is 18.9. The van der Waals surface area contributed by atoms with Crippen molar-refractivity contribution >= 4 is 17.8 Å². The van der Waals surface area contributed by atoms with Crippen LogP contribution in [-0.4, -0.2) is 30.3 Å². The number of benzene rings is 3. The lowest BCUT2D eigenvalue weighted by Gasteiger charge is -2.12. The second-order valence-corrected chi connectivity index (χ2v) is 7.22. The molecule has 9 nitrogen and oxygen atoms in total. The van der Waals surface area contributed by atoms with E-state index in [1.807, 2.05) is 37.3 Å². The Labute approximate surface area is 197 Å². The molecule has 1 amide bonds. The summed E-state index contributed by atoms with van der Waals surface area (Å²) in [5.74, 6) is 0.616. The average molecular weight is 463 g/mol. The predicted octanol–water partition coefficient (Wildman–Crippen LogP) is 4.41. The molecule has 34 heavy (non-hydrogen) atoms. The molecule has 0 aliphatic carbocycles. The van der Waals surface area contributed by atoms with Gasteiger partial charge in [-0.1, -0.05) is 36.4 Å². The maximum absolute atomic E-state index is 12.0. The minimum atomic E-state index is -0.557. The zero-order chi connectivity index (χ0) is 24.3. The molecule has 0 saturated heterocycles. The standard InChI is InChI=1S/C25H25N3O6/c1-3-32-24-14-20(10-12-23(24)33-16-19-7-5-4-6-8-19)15-26-27-25(29)17-34-22-11-9-18(2)13-21(22)28(30)31/h4-15H,3,16-17H2,1-2H3,(H,27,29)/b26-15+. The van der Waals surface area contributed by atoms with Gasteiger partial charge in [0.1, 0.15) is 6.61 Å². The Morgan fingerprint density at radius 1 is 1.00 bits per heavy atom. The van der Waals surface area contributed by atoms with Gasteiger partial charge in [-0.05, 0) is 54.8 Å². The summed E-state index contributed by atoms with van der Waals surface area (Å²) in [5.41, 5.74) is 4.58. The molecular formula is C25H25N3O6. The highest BCUT2D eigenvalue weighted by atomic mass is 16.6. The van der Waals surface area contributed by atoms with E-state index in [1.54, 1.807) is 31.2 Å². The second-order valence-electron chi connectivity index (χ2n) is 7.22. The molecule has 0 heterocycles. The fraction of sp³-hybridized carbons (Fsp3) is 0.200. The molecule has 176 valence electrons. The lowest BCUT2D eigenvalue weighted by atomic mass is 10.2. The van der Waals surface area contributed by atoms with Crippen molar-refractivity contribution in [3.8, 4) is 17.2 Å². The zero-order valence-corrected chi connectivity index (χ0v) is 18.9. The smallest absolute Gasteiger partial charge is 0.311 e. The third-order valence-electron chi connectivity index (χ3n) is 4.58. The van der Waals surface area contributed by atoms with E-state index >= 15 is 0 Å². The third-order valence-corrected chi connectivity index (χ3v) is 4.58. The number of hydrazone groups is 1. The van der Waals surface area contributed by atoms with Crippen molar-refractivity contribution in [3.63, 3.8) is 0 Å². The van der Waals surface area contributed by atoms with Gasteiger partial charge in [0.15, 0.2) is 23.9 Å². The Morgan fingerprint density at radius 3 is 2.50 bits per heavy atom. The van der Waals surface area contributed by atoms with Gasteiger partial charge in [-0.2, -0.15) is 5.10 Å². The highest BCUT2D eigenvalue weighted by Gasteiger charge is 2.16. The first-order chi connectivity index (χ1) is 16.5. The fourth-order valence-electron chi connectivity index (χ4n) is 2.97. The van der Waals surface area contributed by atoms with Crippen molar-refractivity contribution in [1.29, 1.82) is 0 Å². The van der Waals surface area contributed by atoms with Crippen molar-refractivity contribution in [2.45, 2.75) is 20.5 Å². The summed E-state index contributed by atoms with van der Waals surface area (Å²) in [4.78, 5) is 22.6. The molecule has 9 heteroatoms. The van der Waals surface area contributed by atoms with Crippen molar-refractivity contribution in [1.82, 2.24) is 5.43 Å². The van der Waals surface area contributed by atoms with Gasteiger partial charge in [0.05, 0.1) is 17.7 Å². The molecular weight excluding hydrogens is 438 g/mol. The van der Waals surface area contributed by atoms with E-state index in [0.717, 1.165) is 11.1 Å². The normalized spacial score (nSPS) is 10.6. The van der Waals surface area contributed by atoms with Gasteiger partial charge in [0, 0.05) is 6.07 Å². The number of ether oxygens (including phenoxy) is 3. The van der Waals surface area contributed by atoms with E-state index in [2.05, 4.69) is 10.5 Å². The number of amides is 1. The van der Waals surface area contributed by atoms with Crippen molar-refractivity contribution < 1.29 is 23.9 Å². The molecule has 3 aromatic carbocycles. The molecule has 3 rings (SSSR count). The SMILES string of the molecule is CCOc1cc(/C=N/NC(=O)COc2ccc(C)cc2[N+](=O)[O-])ccc1OCc1ccccc1. The van der Waals surface area contributed by atoms with Gasteiger partial charge < -0.3 is 14.2 Å². The first-order valence-corrected chi connectivity index (χ1v) is 10.6. The van der Waals surface area contributed by atoms with Crippen LogP contribution in [0.1, 0.15) is 23.6 Å². The van der Waals surface area contributed by atoms with Crippen LogP contribution in [0.15, 0.2) is 71.8 Å². The summed E-state index contributed by atoms with van der Waals surface area (Å²) in [6, 6.07) is 19.6. The average Bonchev–Trinajstić information content (AvgIpc) is 2.83. The molecule has 0 aliphatic rings. The summed E-state index contributed by atoms with van der Waals surface area (Å²) in [6.07, 6.45) is 1.45. The Hall–Kier alpha value is -4.40. The number of rotatable bonds is 11. The van der Waals surface area contributed by atoms with Gasteiger partial charge in [-0.25, -0.2) is 5.43 Å². The topological polar surface area (TPSA) is 112 Å². The molecule has 0 saturated carbocycles. The summed E-state index contributed by atoms with van der Waals surface area (Å²) in [7, 11) is 0. The molecule has 3 aromatic rings. The van der Waals surface area contributed by atoms with E-state index < -0.39 is 17.4 Å². The van der Waals surface area contributed by atoms with E-state index in [0.29, 0.717) is 30.3 Å². The Kier molecular flexibility index (Phi) is 8.56. The largest absolute Gasteiger partial charge is 0.490 e. The van der Waals surface area contributed by atoms with Gasteiger partial charge in [0.2, 0.25) is 0 Å².